The highest BCUT2D eigenvalue weighted by Gasteiger charge is 2.10. The Hall–Kier alpha value is -3.18. The second kappa shape index (κ2) is 9.85. The SMILES string of the molecule is COc1cc(CNc2ccccc2)ccc1OCC(=O)Nc1ccc(C)c(Cl)c1. The molecule has 0 atom stereocenters. The summed E-state index contributed by atoms with van der Waals surface area (Å²) in [6.45, 7) is 2.42. The largest absolute Gasteiger partial charge is 0.493 e. The first-order valence-electron chi connectivity index (χ1n) is 9.20. The quantitative estimate of drug-likeness (QED) is 0.530. The average Bonchev–Trinajstić information content (AvgIpc) is 2.74. The number of nitrogens with one attached hydrogen (secondary N) is 2. The predicted molar refractivity (Wildman–Crippen MR) is 117 cm³/mol. The summed E-state index contributed by atoms with van der Waals surface area (Å²) < 4.78 is 11.1. The number of aryl methyl sites for hydroxylation is 1. The van der Waals surface area contributed by atoms with Crippen molar-refractivity contribution in [1.82, 2.24) is 0 Å². The number of rotatable bonds is 8. The number of benzene rings is 3. The van der Waals surface area contributed by atoms with E-state index in [9.17, 15) is 4.79 Å². The number of ether oxygens (including phenoxy) is 2. The Labute approximate surface area is 175 Å². The van der Waals surface area contributed by atoms with Crippen LogP contribution in [0.4, 0.5) is 11.4 Å². The smallest absolute Gasteiger partial charge is 0.262 e. The third-order valence-corrected chi connectivity index (χ3v) is 4.72. The van der Waals surface area contributed by atoms with Gasteiger partial charge in [-0.05, 0) is 54.4 Å². The maximum absolute atomic E-state index is 12.2. The van der Waals surface area contributed by atoms with Crippen LogP contribution in [0.3, 0.4) is 0 Å². The van der Waals surface area contributed by atoms with Crippen molar-refractivity contribution in [1.29, 1.82) is 0 Å². The second-order valence-corrected chi connectivity index (χ2v) is 6.91. The highest BCUT2D eigenvalue weighted by Crippen LogP contribution is 2.28. The molecule has 1 amide bonds. The molecular weight excluding hydrogens is 388 g/mol. The third-order valence-electron chi connectivity index (χ3n) is 4.31. The molecule has 6 heteroatoms. The number of carbonyl (C=O) groups is 1. The fraction of sp³-hybridized carbons (Fsp3) is 0.174. The van der Waals surface area contributed by atoms with E-state index in [0.717, 1.165) is 16.8 Å². The summed E-state index contributed by atoms with van der Waals surface area (Å²) in [7, 11) is 1.57. The summed E-state index contributed by atoms with van der Waals surface area (Å²) in [5, 5.41) is 6.72. The Morgan fingerprint density at radius 2 is 1.76 bits per heavy atom. The third kappa shape index (κ3) is 5.90. The van der Waals surface area contributed by atoms with Gasteiger partial charge in [-0.3, -0.25) is 4.79 Å². The van der Waals surface area contributed by atoms with Crippen LogP contribution in [0.25, 0.3) is 0 Å². The molecule has 29 heavy (non-hydrogen) atoms. The number of carbonyl (C=O) groups excluding carboxylic acids is 1. The van der Waals surface area contributed by atoms with Gasteiger partial charge in [-0.25, -0.2) is 0 Å². The average molecular weight is 411 g/mol. The van der Waals surface area contributed by atoms with Gasteiger partial charge in [0.25, 0.3) is 5.91 Å². The van der Waals surface area contributed by atoms with Crippen LogP contribution in [0, 0.1) is 6.92 Å². The number of methoxy groups -OCH3 is 1. The van der Waals surface area contributed by atoms with E-state index in [1.807, 2.05) is 55.5 Å². The number of amides is 1. The Bertz CT molecular complexity index is 977. The van der Waals surface area contributed by atoms with Crippen molar-refractivity contribution in [3.05, 3.63) is 82.9 Å². The summed E-state index contributed by atoms with van der Waals surface area (Å²) in [5.74, 6) is 0.804. The van der Waals surface area contributed by atoms with Gasteiger partial charge in [-0.1, -0.05) is 41.9 Å². The molecule has 150 valence electrons. The van der Waals surface area contributed by atoms with Gasteiger partial charge < -0.3 is 20.1 Å². The van der Waals surface area contributed by atoms with Crippen molar-refractivity contribution in [2.75, 3.05) is 24.4 Å². The van der Waals surface area contributed by atoms with E-state index >= 15 is 0 Å². The molecule has 2 N–H and O–H groups in total. The van der Waals surface area contributed by atoms with Gasteiger partial charge in [-0.15, -0.1) is 0 Å². The normalized spacial score (nSPS) is 10.3. The number of para-hydroxylation sites is 1. The molecule has 3 aromatic carbocycles. The van der Waals surface area contributed by atoms with Crippen molar-refractivity contribution in [2.45, 2.75) is 13.5 Å². The molecule has 0 aliphatic rings. The van der Waals surface area contributed by atoms with Gasteiger partial charge in [0.2, 0.25) is 0 Å². The van der Waals surface area contributed by atoms with Gasteiger partial charge in [0.1, 0.15) is 0 Å². The molecule has 0 aromatic heterocycles. The van der Waals surface area contributed by atoms with Crippen LogP contribution < -0.4 is 20.1 Å². The van der Waals surface area contributed by atoms with Gasteiger partial charge in [0.15, 0.2) is 18.1 Å². The Balaban J connectivity index is 1.57. The molecule has 0 heterocycles. The lowest BCUT2D eigenvalue weighted by Crippen LogP contribution is -2.20. The molecule has 0 aliphatic heterocycles. The molecule has 0 saturated heterocycles. The monoisotopic (exact) mass is 410 g/mol. The molecule has 3 rings (SSSR count). The second-order valence-electron chi connectivity index (χ2n) is 6.51. The van der Waals surface area contributed by atoms with Crippen LogP contribution in [0.15, 0.2) is 66.7 Å². The van der Waals surface area contributed by atoms with Gasteiger partial charge in [0.05, 0.1) is 7.11 Å². The highest BCUT2D eigenvalue weighted by molar-refractivity contribution is 6.31. The maximum Gasteiger partial charge on any atom is 0.262 e. The van der Waals surface area contributed by atoms with Gasteiger partial charge in [-0.2, -0.15) is 0 Å². The number of halogens is 1. The van der Waals surface area contributed by atoms with Crippen molar-refractivity contribution in [3.63, 3.8) is 0 Å². The highest BCUT2D eigenvalue weighted by atomic mass is 35.5. The minimum absolute atomic E-state index is 0.135. The number of hydrogen-bond donors (Lipinski definition) is 2. The fourth-order valence-corrected chi connectivity index (χ4v) is 2.89. The summed E-state index contributed by atoms with van der Waals surface area (Å²) in [6.07, 6.45) is 0. The van der Waals surface area contributed by atoms with Gasteiger partial charge >= 0.3 is 0 Å². The lowest BCUT2D eigenvalue weighted by molar-refractivity contribution is -0.118. The van der Waals surface area contributed by atoms with Crippen molar-refractivity contribution in [3.8, 4) is 11.5 Å². The van der Waals surface area contributed by atoms with Crippen LogP contribution in [0.1, 0.15) is 11.1 Å². The zero-order valence-corrected chi connectivity index (χ0v) is 17.1. The standard InChI is InChI=1S/C23H23ClN2O3/c1-16-8-10-19(13-20(16)24)26-23(27)15-29-21-11-9-17(12-22(21)28-2)14-25-18-6-4-3-5-7-18/h3-13,25H,14-15H2,1-2H3,(H,26,27). The van der Waals surface area contributed by atoms with Crippen molar-refractivity contribution in [2.24, 2.45) is 0 Å². The van der Waals surface area contributed by atoms with E-state index in [-0.39, 0.29) is 12.5 Å². The molecule has 0 saturated carbocycles. The van der Waals surface area contributed by atoms with E-state index in [0.29, 0.717) is 28.8 Å². The zero-order chi connectivity index (χ0) is 20.6. The lowest BCUT2D eigenvalue weighted by Gasteiger charge is -2.13. The Morgan fingerprint density at radius 3 is 2.48 bits per heavy atom. The number of anilines is 2. The molecule has 0 spiro atoms. The van der Waals surface area contributed by atoms with Crippen LogP contribution in [0.5, 0.6) is 11.5 Å². The molecule has 0 radical (unpaired) electrons. The van der Waals surface area contributed by atoms with Crippen LogP contribution in [-0.4, -0.2) is 19.6 Å². The summed E-state index contributed by atoms with van der Waals surface area (Å²) in [5.41, 5.74) is 3.66. The van der Waals surface area contributed by atoms with Crippen LogP contribution >= 0.6 is 11.6 Å². The first-order valence-corrected chi connectivity index (χ1v) is 9.57. The fourth-order valence-electron chi connectivity index (χ4n) is 2.71. The molecule has 0 aliphatic carbocycles. The summed E-state index contributed by atoms with van der Waals surface area (Å²) in [6, 6.07) is 20.9. The molecular formula is C23H23ClN2O3. The van der Waals surface area contributed by atoms with Crippen molar-refractivity contribution >= 4 is 28.9 Å². The molecule has 3 aromatic rings. The minimum Gasteiger partial charge on any atom is -0.493 e. The van der Waals surface area contributed by atoms with E-state index < -0.39 is 0 Å². The topological polar surface area (TPSA) is 59.6 Å². The van der Waals surface area contributed by atoms with Crippen LogP contribution in [0.2, 0.25) is 5.02 Å². The van der Waals surface area contributed by atoms with Crippen LogP contribution in [-0.2, 0) is 11.3 Å². The van der Waals surface area contributed by atoms with E-state index in [1.165, 1.54) is 0 Å². The van der Waals surface area contributed by atoms with E-state index in [2.05, 4.69) is 10.6 Å². The first-order chi connectivity index (χ1) is 14.0. The Kier molecular flexibility index (Phi) is 6.98. The lowest BCUT2D eigenvalue weighted by atomic mass is 10.2. The minimum atomic E-state index is -0.276. The predicted octanol–water partition coefficient (Wildman–Crippen LogP) is 5.29. The molecule has 0 unspecified atom stereocenters. The molecule has 0 bridgehead atoms. The van der Waals surface area contributed by atoms with Gasteiger partial charge in [0, 0.05) is 22.9 Å². The number of hydrogen-bond acceptors (Lipinski definition) is 4. The van der Waals surface area contributed by atoms with E-state index in [4.69, 9.17) is 21.1 Å². The molecule has 0 fully saturated rings. The van der Waals surface area contributed by atoms with E-state index in [1.54, 1.807) is 25.3 Å². The molecule has 5 nitrogen and oxygen atoms in total. The zero-order valence-electron chi connectivity index (χ0n) is 16.4. The summed E-state index contributed by atoms with van der Waals surface area (Å²) >= 11 is 6.09. The Morgan fingerprint density at radius 1 is 0.966 bits per heavy atom. The summed E-state index contributed by atoms with van der Waals surface area (Å²) in [4.78, 5) is 12.2. The maximum atomic E-state index is 12.2. The van der Waals surface area contributed by atoms with Crippen molar-refractivity contribution < 1.29 is 14.3 Å². The first kappa shape index (κ1) is 20.6.